The van der Waals surface area contributed by atoms with Gasteiger partial charge in [-0.05, 0) is 30.0 Å². The Morgan fingerprint density at radius 1 is 1.35 bits per heavy atom. The molecular weight excluding hydrogens is 308 g/mol. The van der Waals surface area contributed by atoms with Crippen LogP contribution in [-0.4, -0.2) is 18.0 Å². The summed E-state index contributed by atoms with van der Waals surface area (Å²) in [5.74, 6) is 1.36. The third kappa shape index (κ3) is 4.10. The molecule has 0 bridgehead atoms. The molecule has 122 valence electrons. The predicted octanol–water partition coefficient (Wildman–Crippen LogP) is 4.45. The molecule has 1 fully saturated rings. The van der Waals surface area contributed by atoms with Gasteiger partial charge in [-0.3, -0.25) is 4.79 Å². The van der Waals surface area contributed by atoms with Crippen LogP contribution in [0.4, 0.5) is 5.13 Å². The fourth-order valence-electron chi connectivity index (χ4n) is 3.29. The first kappa shape index (κ1) is 16.0. The Morgan fingerprint density at radius 3 is 2.70 bits per heavy atom. The number of amides is 1. The van der Waals surface area contributed by atoms with E-state index in [1.54, 1.807) is 13.3 Å². The van der Waals surface area contributed by atoms with Gasteiger partial charge in [-0.2, -0.15) is 0 Å². The molecule has 1 amide bonds. The fraction of sp³-hybridized carbons (Fsp3) is 0.444. The van der Waals surface area contributed by atoms with Crippen molar-refractivity contribution in [3.63, 3.8) is 0 Å². The first-order valence-corrected chi connectivity index (χ1v) is 8.98. The zero-order valence-corrected chi connectivity index (χ0v) is 14.1. The van der Waals surface area contributed by atoms with Crippen LogP contribution in [0.25, 0.3) is 0 Å². The number of carbonyl (C=O) groups excluding carboxylic acids is 1. The van der Waals surface area contributed by atoms with Crippen molar-refractivity contribution in [3.8, 4) is 5.75 Å². The van der Waals surface area contributed by atoms with Gasteiger partial charge in [0, 0.05) is 11.6 Å². The number of methoxy groups -OCH3 is 1. The molecule has 1 aromatic carbocycles. The first-order valence-electron chi connectivity index (χ1n) is 8.10. The van der Waals surface area contributed by atoms with Gasteiger partial charge in [-0.1, -0.05) is 37.8 Å². The highest BCUT2D eigenvalue weighted by Crippen LogP contribution is 2.35. The van der Waals surface area contributed by atoms with Crippen molar-refractivity contribution in [2.75, 3.05) is 12.4 Å². The van der Waals surface area contributed by atoms with Crippen molar-refractivity contribution in [1.82, 2.24) is 4.98 Å². The number of ether oxygens (including phenoxy) is 1. The number of rotatable bonds is 6. The molecule has 0 radical (unpaired) electrons. The van der Waals surface area contributed by atoms with Gasteiger partial charge in [0.15, 0.2) is 5.13 Å². The molecule has 1 atom stereocenters. The van der Waals surface area contributed by atoms with Crippen LogP contribution in [0.3, 0.4) is 0 Å². The Morgan fingerprint density at radius 2 is 2.09 bits per heavy atom. The number of aromatic nitrogens is 1. The van der Waals surface area contributed by atoms with E-state index < -0.39 is 0 Å². The summed E-state index contributed by atoms with van der Waals surface area (Å²) >= 11 is 1.45. The first-order chi connectivity index (χ1) is 11.3. The molecule has 1 aromatic heterocycles. The number of hydrogen-bond acceptors (Lipinski definition) is 4. The Hall–Kier alpha value is -1.88. The highest BCUT2D eigenvalue weighted by Gasteiger charge is 2.27. The van der Waals surface area contributed by atoms with Crippen molar-refractivity contribution in [2.24, 2.45) is 5.92 Å². The van der Waals surface area contributed by atoms with Crippen LogP contribution < -0.4 is 10.1 Å². The van der Waals surface area contributed by atoms with E-state index in [9.17, 15) is 4.79 Å². The third-order valence-electron chi connectivity index (χ3n) is 4.54. The van der Waals surface area contributed by atoms with Gasteiger partial charge in [-0.25, -0.2) is 4.98 Å². The molecule has 1 heterocycles. The second-order valence-electron chi connectivity index (χ2n) is 6.04. The van der Waals surface area contributed by atoms with E-state index in [1.807, 2.05) is 29.6 Å². The molecule has 1 aliphatic rings. The van der Waals surface area contributed by atoms with Gasteiger partial charge >= 0.3 is 0 Å². The minimum absolute atomic E-state index is 0.0389. The van der Waals surface area contributed by atoms with E-state index in [4.69, 9.17) is 4.74 Å². The van der Waals surface area contributed by atoms with Gasteiger partial charge in [0.25, 0.3) is 0 Å². The molecule has 23 heavy (non-hydrogen) atoms. The summed E-state index contributed by atoms with van der Waals surface area (Å²) in [6.07, 6.45) is 7.65. The lowest BCUT2D eigenvalue weighted by Gasteiger charge is -2.20. The number of thiazole rings is 1. The maximum absolute atomic E-state index is 12.8. The van der Waals surface area contributed by atoms with Crippen LogP contribution in [-0.2, 0) is 4.79 Å². The second kappa shape index (κ2) is 7.59. The molecule has 1 aliphatic carbocycles. The highest BCUT2D eigenvalue weighted by atomic mass is 32.1. The number of nitrogens with one attached hydrogen (secondary N) is 1. The summed E-state index contributed by atoms with van der Waals surface area (Å²) < 4.78 is 5.22. The quantitative estimate of drug-likeness (QED) is 0.851. The Bertz CT molecular complexity index is 619. The van der Waals surface area contributed by atoms with Gasteiger partial charge < -0.3 is 10.1 Å². The van der Waals surface area contributed by atoms with Gasteiger partial charge in [-0.15, -0.1) is 11.3 Å². The zero-order valence-electron chi connectivity index (χ0n) is 13.3. The fourth-order valence-corrected chi connectivity index (χ4v) is 3.82. The maximum atomic E-state index is 12.8. The van der Waals surface area contributed by atoms with Crippen LogP contribution in [0, 0.1) is 5.92 Å². The van der Waals surface area contributed by atoms with E-state index in [0.717, 1.165) is 17.7 Å². The average Bonchev–Trinajstić information content (AvgIpc) is 3.26. The van der Waals surface area contributed by atoms with Crippen LogP contribution >= 0.6 is 11.3 Å². The molecule has 2 aromatic rings. The largest absolute Gasteiger partial charge is 0.497 e. The Labute approximate surface area is 140 Å². The topological polar surface area (TPSA) is 51.2 Å². The highest BCUT2D eigenvalue weighted by molar-refractivity contribution is 7.13. The summed E-state index contributed by atoms with van der Waals surface area (Å²) in [6.45, 7) is 0. The van der Waals surface area contributed by atoms with E-state index in [0.29, 0.717) is 11.0 Å². The van der Waals surface area contributed by atoms with Crippen LogP contribution in [0.2, 0.25) is 0 Å². The monoisotopic (exact) mass is 330 g/mol. The van der Waals surface area contributed by atoms with Crippen molar-refractivity contribution in [1.29, 1.82) is 0 Å². The van der Waals surface area contributed by atoms with E-state index >= 15 is 0 Å². The molecule has 5 heteroatoms. The summed E-state index contributed by atoms with van der Waals surface area (Å²) in [6, 6.07) is 7.85. The van der Waals surface area contributed by atoms with Crippen molar-refractivity contribution < 1.29 is 9.53 Å². The maximum Gasteiger partial charge on any atom is 0.233 e. The predicted molar refractivity (Wildman–Crippen MR) is 93.1 cm³/mol. The third-order valence-corrected chi connectivity index (χ3v) is 5.23. The van der Waals surface area contributed by atoms with E-state index in [2.05, 4.69) is 10.3 Å². The van der Waals surface area contributed by atoms with Crippen molar-refractivity contribution >= 4 is 22.4 Å². The van der Waals surface area contributed by atoms with Crippen LogP contribution in [0.1, 0.15) is 43.6 Å². The number of nitrogens with zero attached hydrogens (tertiary/aromatic N) is 1. The van der Waals surface area contributed by atoms with Crippen molar-refractivity contribution in [3.05, 3.63) is 41.4 Å². The van der Waals surface area contributed by atoms with Crippen molar-refractivity contribution in [2.45, 2.75) is 38.0 Å². The molecule has 4 nitrogen and oxygen atoms in total. The minimum atomic E-state index is -0.132. The Kier molecular flexibility index (Phi) is 5.28. The summed E-state index contributed by atoms with van der Waals surface area (Å²) in [5.41, 5.74) is 1.05. The minimum Gasteiger partial charge on any atom is -0.497 e. The zero-order chi connectivity index (χ0) is 16.1. The lowest BCUT2D eigenvalue weighted by atomic mass is 9.87. The Balaban J connectivity index is 1.77. The molecule has 0 saturated heterocycles. The van der Waals surface area contributed by atoms with Crippen LogP contribution in [0.5, 0.6) is 5.75 Å². The lowest BCUT2D eigenvalue weighted by molar-refractivity contribution is -0.118. The number of benzene rings is 1. The summed E-state index contributed by atoms with van der Waals surface area (Å²) in [5, 5.41) is 5.50. The normalized spacial score (nSPS) is 16.2. The number of anilines is 1. The molecule has 1 saturated carbocycles. The van der Waals surface area contributed by atoms with E-state index in [1.165, 1.54) is 37.0 Å². The molecule has 3 rings (SSSR count). The van der Waals surface area contributed by atoms with Gasteiger partial charge in [0.1, 0.15) is 5.75 Å². The summed E-state index contributed by atoms with van der Waals surface area (Å²) in [7, 11) is 1.65. The molecule has 1 N–H and O–H groups in total. The van der Waals surface area contributed by atoms with Gasteiger partial charge in [0.2, 0.25) is 5.91 Å². The number of hydrogen-bond donors (Lipinski definition) is 1. The SMILES string of the molecule is COc1ccc(C(CC2CCCC2)C(=O)Nc2nccs2)cc1. The second-order valence-corrected chi connectivity index (χ2v) is 6.93. The van der Waals surface area contributed by atoms with Gasteiger partial charge in [0.05, 0.1) is 13.0 Å². The molecule has 0 aliphatic heterocycles. The molecular formula is C18H22N2O2S. The smallest absolute Gasteiger partial charge is 0.233 e. The standard InChI is InChI=1S/C18H22N2O2S/c1-22-15-8-6-14(7-9-15)16(12-13-4-2-3-5-13)17(21)20-18-19-10-11-23-18/h6-11,13,16H,2-5,12H2,1H3,(H,19,20,21). The average molecular weight is 330 g/mol. The van der Waals surface area contributed by atoms with Crippen LogP contribution in [0.15, 0.2) is 35.8 Å². The summed E-state index contributed by atoms with van der Waals surface area (Å²) in [4.78, 5) is 16.9. The molecule has 0 spiro atoms. The number of carbonyl (C=O) groups is 1. The lowest BCUT2D eigenvalue weighted by Crippen LogP contribution is -2.23. The molecule has 1 unspecified atom stereocenters. The van der Waals surface area contributed by atoms with E-state index in [-0.39, 0.29) is 11.8 Å².